The fourth-order valence-electron chi connectivity index (χ4n) is 3.30. The maximum Gasteiger partial charge on any atom is 0.230 e. The smallest absolute Gasteiger partial charge is 0.230 e. The maximum absolute atomic E-state index is 12.5. The topological polar surface area (TPSA) is 78.9 Å². The van der Waals surface area contributed by atoms with Gasteiger partial charge in [0.15, 0.2) is 5.78 Å². The molecule has 136 valence electrons. The molecule has 1 spiro atoms. The molecule has 0 aromatic carbocycles. The number of hydrogen-bond donors (Lipinski definition) is 2. The zero-order valence-corrected chi connectivity index (χ0v) is 15.3. The highest BCUT2D eigenvalue weighted by molar-refractivity contribution is 5.92. The van der Waals surface area contributed by atoms with E-state index in [4.69, 9.17) is 5.26 Å². The first-order chi connectivity index (χ1) is 10.5. The van der Waals surface area contributed by atoms with Gasteiger partial charge in [-0.05, 0) is 53.0 Å². The number of amides is 1. The summed E-state index contributed by atoms with van der Waals surface area (Å²) in [5.41, 5.74) is -0.609. The summed E-state index contributed by atoms with van der Waals surface area (Å²) in [4.78, 5) is 30.0. The Bertz CT molecular complexity index is 429. The first-order valence-electron chi connectivity index (χ1n) is 8.39. The Labute approximate surface area is 141 Å². The molecule has 23 heavy (non-hydrogen) atoms. The van der Waals surface area contributed by atoms with E-state index < -0.39 is 5.60 Å². The lowest BCUT2D eigenvalue weighted by Gasteiger charge is -2.30. The molecule has 1 amide bonds. The van der Waals surface area contributed by atoms with Gasteiger partial charge in [0, 0.05) is 14.5 Å². The van der Waals surface area contributed by atoms with Crippen molar-refractivity contribution in [2.45, 2.75) is 66.0 Å². The molecule has 2 aliphatic heterocycles. The van der Waals surface area contributed by atoms with Crippen LogP contribution < -0.4 is 5.32 Å². The molecule has 0 aromatic heterocycles. The van der Waals surface area contributed by atoms with Crippen molar-refractivity contribution in [1.82, 2.24) is 10.2 Å². The number of nitrogens with zero attached hydrogens (tertiary/aromatic N) is 1. The average Bonchev–Trinajstić information content (AvgIpc) is 3.02. The first-order valence-corrected chi connectivity index (χ1v) is 8.39. The van der Waals surface area contributed by atoms with Crippen molar-refractivity contribution in [2.75, 3.05) is 19.6 Å². The summed E-state index contributed by atoms with van der Waals surface area (Å²) in [6.45, 7) is 13.4. The second-order valence-electron chi connectivity index (χ2n) is 7.96. The van der Waals surface area contributed by atoms with Gasteiger partial charge in [0.25, 0.3) is 0 Å². The van der Waals surface area contributed by atoms with Gasteiger partial charge in [-0.25, -0.2) is 4.89 Å². The number of ketones is 1. The van der Waals surface area contributed by atoms with Crippen LogP contribution in [0.5, 0.6) is 0 Å². The number of carbonyl (C=O) groups excluding carboxylic acids is 2. The van der Waals surface area contributed by atoms with Crippen LogP contribution in [0, 0.1) is 11.3 Å². The third-order valence-electron chi connectivity index (χ3n) is 4.45. The Morgan fingerprint density at radius 3 is 2.30 bits per heavy atom. The summed E-state index contributed by atoms with van der Waals surface area (Å²) in [6.07, 6.45) is 1.82. The molecule has 2 aliphatic rings. The van der Waals surface area contributed by atoms with Crippen LogP contribution in [0.3, 0.4) is 0 Å². The minimum atomic E-state index is -0.403. The zero-order chi connectivity index (χ0) is 17.8. The Morgan fingerprint density at radius 2 is 1.96 bits per heavy atom. The molecule has 2 fully saturated rings. The molecule has 0 aromatic rings. The number of carbonyl (C=O) groups is 2. The quantitative estimate of drug-likeness (QED) is 0.613. The van der Waals surface area contributed by atoms with E-state index in [1.807, 2.05) is 18.7 Å². The summed E-state index contributed by atoms with van der Waals surface area (Å²) in [5.74, 6) is 0.494. The third-order valence-corrected chi connectivity index (χ3v) is 4.45. The van der Waals surface area contributed by atoms with E-state index in [9.17, 15) is 9.59 Å². The number of likely N-dealkylation sites (tertiary alicyclic amines) is 1. The van der Waals surface area contributed by atoms with E-state index in [1.54, 1.807) is 27.7 Å². The van der Waals surface area contributed by atoms with Crippen LogP contribution >= 0.6 is 0 Å². The lowest BCUT2D eigenvalue weighted by Crippen LogP contribution is -2.47. The Hall–Kier alpha value is -0.980. The van der Waals surface area contributed by atoms with Crippen LogP contribution in [0.15, 0.2) is 0 Å². The van der Waals surface area contributed by atoms with Crippen molar-refractivity contribution in [3.8, 4) is 0 Å². The minimum Gasteiger partial charge on any atom is -0.332 e. The number of nitrogens with one attached hydrogen (secondary N) is 1. The average molecular weight is 330 g/mol. The number of hydrogen-bond acceptors (Lipinski definition) is 5. The van der Waals surface area contributed by atoms with Gasteiger partial charge in [0.2, 0.25) is 5.91 Å². The summed E-state index contributed by atoms with van der Waals surface area (Å²) < 4.78 is 0. The molecular weight excluding hydrogens is 296 g/mol. The fraction of sp³-hybridized carbons (Fsp3) is 0.882. The van der Waals surface area contributed by atoms with Gasteiger partial charge in [-0.1, -0.05) is 13.8 Å². The molecule has 6 nitrogen and oxygen atoms in total. The summed E-state index contributed by atoms with van der Waals surface area (Å²) >= 11 is 0. The second kappa shape index (κ2) is 7.73. The molecule has 2 rings (SSSR count). The van der Waals surface area contributed by atoms with Crippen molar-refractivity contribution in [3.63, 3.8) is 0 Å². The van der Waals surface area contributed by atoms with Gasteiger partial charge in [-0.15, -0.1) is 0 Å². The summed E-state index contributed by atoms with van der Waals surface area (Å²) in [5, 5.41) is 11.2. The molecule has 2 atom stereocenters. The largest absolute Gasteiger partial charge is 0.332 e. The SMILES string of the molecule is CC(=O)[C@H](C(C)C)N1CC[C@@]2(CCNC2)C1=O.CC(C)(C)OO.[HH]. The molecule has 2 N–H and O–H groups in total. The van der Waals surface area contributed by atoms with Crippen molar-refractivity contribution in [1.29, 1.82) is 0 Å². The van der Waals surface area contributed by atoms with Crippen LogP contribution in [0.25, 0.3) is 0 Å². The Kier molecular flexibility index (Phi) is 6.74. The van der Waals surface area contributed by atoms with Crippen LogP contribution in [0.2, 0.25) is 0 Å². The summed E-state index contributed by atoms with van der Waals surface area (Å²) in [6, 6.07) is -0.234. The molecule has 0 saturated carbocycles. The van der Waals surface area contributed by atoms with Gasteiger partial charge in [-0.3, -0.25) is 14.8 Å². The van der Waals surface area contributed by atoms with E-state index in [2.05, 4.69) is 10.2 Å². The van der Waals surface area contributed by atoms with Crippen molar-refractivity contribution >= 4 is 11.7 Å². The second-order valence-corrected chi connectivity index (χ2v) is 7.96. The fourth-order valence-corrected chi connectivity index (χ4v) is 3.30. The van der Waals surface area contributed by atoms with E-state index in [1.165, 1.54) is 0 Å². The van der Waals surface area contributed by atoms with Gasteiger partial charge in [0.1, 0.15) is 0 Å². The minimum absolute atomic E-state index is 0. The van der Waals surface area contributed by atoms with Gasteiger partial charge in [-0.2, -0.15) is 0 Å². The van der Waals surface area contributed by atoms with E-state index in [-0.39, 0.29) is 30.5 Å². The zero-order valence-electron chi connectivity index (χ0n) is 15.3. The summed E-state index contributed by atoms with van der Waals surface area (Å²) in [7, 11) is 0. The lowest BCUT2D eigenvalue weighted by atomic mass is 9.85. The molecule has 2 saturated heterocycles. The molecule has 0 bridgehead atoms. The van der Waals surface area contributed by atoms with Gasteiger partial charge < -0.3 is 10.2 Å². The van der Waals surface area contributed by atoms with Crippen molar-refractivity contribution in [2.24, 2.45) is 11.3 Å². The first kappa shape index (κ1) is 20.1. The van der Waals surface area contributed by atoms with Crippen molar-refractivity contribution < 1.29 is 21.2 Å². The van der Waals surface area contributed by atoms with Crippen molar-refractivity contribution in [3.05, 3.63) is 0 Å². The highest BCUT2D eigenvalue weighted by Gasteiger charge is 2.50. The predicted octanol–water partition coefficient (Wildman–Crippen LogP) is 2.33. The van der Waals surface area contributed by atoms with Gasteiger partial charge in [0.05, 0.1) is 17.1 Å². The van der Waals surface area contributed by atoms with Crippen LogP contribution in [-0.4, -0.2) is 53.1 Å². The third kappa shape index (κ3) is 4.99. The normalized spacial score (nSPS) is 25.7. The highest BCUT2D eigenvalue weighted by atomic mass is 17.1. The van der Waals surface area contributed by atoms with Crippen LogP contribution in [0.4, 0.5) is 0 Å². The van der Waals surface area contributed by atoms with Crippen LogP contribution in [-0.2, 0) is 14.5 Å². The molecule has 6 heteroatoms. The molecule has 0 radical (unpaired) electrons. The Morgan fingerprint density at radius 1 is 1.39 bits per heavy atom. The monoisotopic (exact) mass is 330 g/mol. The predicted molar refractivity (Wildman–Crippen MR) is 91.1 cm³/mol. The lowest BCUT2D eigenvalue weighted by molar-refractivity contribution is -0.306. The molecule has 0 aliphatic carbocycles. The van der Waals surface area contributed by atoms with Gasteiger partial charge >= 0.3 is 0 Å². The molecular formula is C17H34N2O4. The van der Waals surface area contributed by atoms with E-state index in [0.717, 1.165) is 32.5 Å². The highest BCUT2D eigenvalue weighted by Crippen LogP contribution is 2.39. The van der Waals surface area contributed by atoms with E-state index in [0.29, 0.717) is 0 Å². The Balaban J connectivity index is 0.000000655. The van der Waals surface area contributed by atoms with Crippen LogP contribution in [0.1, 0.15) is 55.8 Å². The molecule has 2 heterocycles. The maximum atomic E-state index is 12.5. The number of Topliss-reactive ketones (excluding diaryl/α,β-unsaturated/α-hetero) is 1. The standard InChI is InChI=1S/C13H22N2O2.C4H10O2.H2/c1-9(2)11(10(3)16)15-7-5-13(12(15)17)4-6-14-8-13;1-4(2,3)6-5;/h9,11,14H,4-8H2,1-3H3;5H,1-3H3;1H/t11-,13+;;/m0../s1. The van der Waals surface area contributed by atoms with E-state index >= 15 is 0 Å². The number of rotatable bonds is 3. The molecule has 0 unspecified atom stereocenters.